The molecule has 5 nitrogen and oxygen atoms in total. The van der Waals surface area contributed by atoms with Gasteiger partial charge in [0, 0.05) is 20.6 Å². The van der Waals surface area contributed by atoms with Gasteiger partial charge >= 0.3 is 0 Å². The van der Waals surface area contributed by atoms with Crippen LogP contribution in [-0.2, 0) is 16.6 Å². The van der Waals surface area contributed by atoms with Crippen molar-refractivity contribution in [3.05, 3.63) is 29.8 Å². The maximum atomic E-state index is 12.1. The van der Waals surface area contributed by atoms with Crippen LogP contribution >= 0.6 is 0 Å². The van der Waals surface area contributed by atoms with Crippen LogP contribution in [0, 0.1) is 0 Å². The molecule has 1 aromatic carbocycles. The monoisotopic (exact) mass is 299 g/mol. The molecule has 6 heteroatoms. The normalized spacial score (nSPS) is 12.3. The van der Waals surface area contributed by atoms with Crippen LogP contribution in [0.3, 0.4) is 0 Å². The van der Waals surface area contributed by atoms with Gasteiger partial charge in [0.1, 0.15) is 0 Å². The number of nitrogens with zero attached hydrogens (tertiary/aromatic N) is 2. The molecule has 0 saturated heterocycles. The van der Waals surface area contributed by atoms with E-state index in [4.69, 9.17) is 0 Å². The van der Waals surface area contributed by atoms with E-state index in [0.29, 0.717) is 4.90 Å². The van der Waals surface area contributed by atoms with Crippen LogP contribution in [0.2, 0.25) is 0 Å². The van der Waals surface area contributed by atoms with Crippen LogP contribution in [-0.4, -0.2) is 58.9 Å². The van der Waals surface area contributed by atoms with Crippen LogP contribution in [0.1, 0.15) is 12.0 Å². The molecule has 0 fully saturated rings. The minimum absolute atomic E-state index is 0.351. The van der Waals surface area contributed by atoms with E-state index in [1.807, 2.05) is 20.2 Å². The summed E-state index contributed by atoms with van der Waals surface area (Å²) in [6.07, 6.45) is 1.07. The number of benzene rings is 1. The number of hydrogen-bond donors (Lipinski definition) is 1. The number of sulfonamides is 1. The number of nitrogens with one attached hydrogen (secondary N) is 1. The van der Waals surface area contributed by atoms with Crippen molar-refractivity contribution in [3.8, 4) is 0 Å². The molecular formula is C14H25N3O2S. The van der Waals surface area contributed by atoms with Gasteiger partial charge in [-0.3, -0.25) is 0 Å². The SMILES string of the molecule is CNCCCN(C)Cc1cccc(S(=O)(=O)N(C)C)c1. The third-order valence-electron chi connectivity index (χ3n) is 3.10. The molecule has 1 rings (SSSR count). The maximum absolute atomic E-state index is 12.1. The molecule has 0 heterocycles. The second-order valence-corrected chi connectivity index (χ2v) is 7.28. The van der Waals surface area contributed by atoms with E-state index in [0.717, 1.165) is 31.6 Å². The zero-order chi connectivity index (χ0) is 15.2. The molecule has 0 aliphatic heterocycles. The lowest BCUT2D eigenvalue weighted by Gasteiger charge is -2.17. The minimum Gasteiger partial charge on any atom is -0.320 e. The molecule has 114 valence electrons. The highest BCUT2D eigenvalue weighted by atomic mass is 32.2. The Hall–Kier alpha value is -0.950. The van der Waals surface area contributed by atoms with E-state index >= 15 is 0 Å². The molecule has 20 heavy (non-hydrogen) atoms. The first-order valence-corrected chi connectivity index (χ1v) is 8.16. The van der Waals surface area contributed by atoms with Gasteiger partial charge in [-0.25, -0.2) is 12.7 Å². The van der Waals surface area contributed by atoms with Crippen LogP contribution < -0.4 is 5.32 Å². The summed E-state index contributed by atoms with van der Waals surface area (Å²) in [5, 5.41) is 3.12. The van der Waals surface area contributed by atoms with Gasteiger partial charge in [0.15, 0.2) is 0 Å². The standard InChI is InChI=1S/C14H25N3O2S/c1-15-9-6-10-17(4)12-13-7-5-8-14(11-13)20(18,19)16(2)3/h5,7-8,11,15H,6,9-10,12H2,1-4H3. The second-order valence-electron chi connectivity index (χ2n) is 5.13. The van der Waals surface area contributed by atoms with Crippen LogP contribution in [0.5, 0.6) is 0 Å². The molecule has 0 unspecified atom stereocenters. The Morgan fingerprint density at radius 1 is 1.20 bits per heavy atom. The molecule has 0 radical (unpaired) electrons. The molecule has 0 aliphatic carbocycles. The van der Waals surface area contributed by atoms with E-state index in [1.54, 1.807) is 32.3 Å². The van der Waals surface area contributed by atoms with Crippen molar-refractivity contribution < 1.29 is 8.42 Å². The van der Waals surface area contributed by atoms with E-state index in [2.05, 4.69) is 10.2 Å². The predicted molar refractivity (Wildman–Crippen MR) is 82.2 cm³/mol. The number of hydrogen-bond acceptors (Lipinski definition) is 4. The lowest BCUT2D eigenvalue weighted by atomic mass is 10.2. The molecule has 0 amide bonds. The fourth-order valence-electron chi connectivity index (χ4n) is 1.93. The molecule has 0 atom stereocenters. The first-order valence-electron chi connectivity index (χ1n) is 6.72. The van der Waals surface area contributed by atoms with Crippen molar-refractivity contribution in [2.75, 3.05) is 41.3 Å². The molecular weight excluding hydrogens is 274 g/mol. The first kappa shape index (κ1) is 17.1. The molecule has 0 spiro atoms. The highest BCUT2D eigenvalue weighted by Gasteiger charge is 2.17. The summed E-state index contributed by atoms with van der Waals surface area (Å²) < 4.78 is 25.4. The zero-order valence-corrected chi connectivity index (χ0v) is 13.6. The third-order valence-corrected chi connectivity index (χ3v) is 4.91. The Kier molecular flexibility index (Phi) is 6.61. The van der Waals surface area contributed by atoms with Gasteiger partial charge in [0.25, 0.3) is 0 Å². The lowest BCUT2D eigenvalue weighted by Crippen LogP contribution is -2.24. The highest BCUT2D eigenvalue weighted by Crippen LogP contribution is 2.15. The largest absolute Gasteiger partial charge is 0.320 e. The smallest absolute Gasteiger partial charge is 0.242 e. The highest BCUT2D eigenvalue weighted by molar-refractivity contribution is 7.89. The van der Waals surface area contributed by atoms with Crippen molar-refractivity contribution in [3.63, 3.8) is 0 Å². The second kappa shape index (κ2) is 7.73. The molecule has 0 aromatic heterocycles. The fourth-order valence-corrected chi connectivity index (χ4v) is 2.90. The maximum Gasteiger partial charge on any atom is 0.242 e. The summed E-state index contributed by atoms with van der Waals surface area (Å²) in [6.45, 7) is 2.71. The molecule has 1 aromatic rings. The average molecular weight is 299 g/mol. The molecule has 0 bridgehead atoms. The Morgan fingerprint density at radius 3 is 2.50 bits per heavy atom. The van der Waals surface area contributed by atoms with Crippen LogP contribution in [0.4, 0.5) is 0 Å². The van der Waals surface area contributed by atoms with Gasteiger partial charge in [0.05, 0.1) is 4.90 Å². The quantitative estimate of drug-likeness (QED) is 0.727. The van der Waals surface area contributed by atoms with Gasteiger partial charge in [-0.15, -0.1) is 0 Å². The Balaban J connectivity index is 2.74. The number of rotatable bonds is 8. The summed E-state index contributed by atoms with van der Waals surface area (Å²) in [6, 6.07) is 7.15. The van der Waals surface area contributed by atoms with E-state index < -0.39 is 10.0 Å². The van der Waals surface area contributed by atoms with E-state index in [-0.39, 0.29) is 0 Å². The van der Waals surface area contributed by atoms with Gasteiger partial charge in [-0.05, 0) is 51.3 Å². The van der Waals surface area contributed by atoms with Gasteiger partial charge in [-0.2, -0.15) is 0 Å². The first-order chi connectivity index (χ1) is 9.37. The minimum atomic E-state index is -3.35. The van der Waals surface area contributed by atoms with Crippen LogP contribution in [0.25, 0.3) is 0 Å². The van der Waals surface area contributed by atoms with Gasteiger partial charge in [-0.1, -0.05) is 12.1 Å². The zero-order valence-electron chi connectivity index (χ0n) is 12.8. The summed E-state index contributed by atoms with van der Waals surface area (Å²) in [5.74, 6) is 0. The summed E-state index contributed by atoms with van der Waals surface area (Å²) in [7, 11) is 3.73. The van der Waals surface area contributed by atoms with Gasteiger partial charge < -0.3 is 10.2 Å². The lowest BCUT2D eigenvalue weighted by molar-refractivity contribution is 0.321. The Bertz CT molecular complexity index is 515. The summed E-state index contributed by atoms with van der Waals surface area (Å²) in [4.78, 5) is 2.54. The van der Waals surface area contributed by atoms with Crippen LogP contribution in [0.15, 0.2) is 29.2 Å². The predicted octanol–water partition coefficient (Wildman–Crippen LogP) is 0.978. The van der Waals surface area contributed by atoms with Crippen molar-refractivity contribution in [2.24, 2.45) is 0 Å². The molecule has 0 aliphatic rings. The van der Waals surface area contributed by atoms with Gasteiger partial charge in [0.2, 0.25) is 10.0 Å². The summed E-state index contributed by atoms with van der Waals surface area (Å²) in [5.41, 5.74) is 1.01. The van der Waals surface area contributed by atoms with Crippen molar-refractivity contribution in [1.82, 2.24) is 14.5 Å². The summed E-state index contributed by atoms with van der Waals surface area (Å²) >= 11 is 0. The van der Waals surface area contributed by atoms with E-state index in [9.17, 15) is 8.42 Å². The Morgan fingerprint density at radius 2 is 1.90 bits per heavy atom. The Labute approximate surface area is 122 Å². The molecule has 1 N–H and O–H groups in total. The van der Waals surface area contributed by atoms with Crippen molar-refractivity contribution in [1.29, 1.82) is 0 Å². The molecule has 0 saturated carbocycles. The topological polar surface area (TPSA) is 52.7 Å². The average Bonchev–Trinajstić information content (AvgIpc) is 2.39. The third kappa shape index (κ3) is 4.86. The van der Waals surface area contributed by atoms with Crippen molar-refractivity contribution >= 4 is 10.0 Å². The fraction of sp³-hybridized carbons (Fsp3) is 0.571. The van der Waals surface area contributed by atoms with Crippen molar-refractivity contribution in [2.45, 2.75) is 17.9 Å². The van der Waals surface area contributed by atoms with E-state index in [1.165, 1.54) is 4.31 Å².